The van der Waals surface area contributed by atoms with Gasteiger partial charge in [-0.3, -0.25) is 19.5 Å². The number of fused-ring (bicyclic) bond motifs is 3. The van der Waals surface area contributed by atoms with Crippen LogP contribution in [0.25, 0.3) is 27.5 Å². The first-order valence-corrected chi connectivity index (χ1v) is 14.6. The Kier molecular flexibility index (Phi) is 7.16. The van der Waals surface area contributed by atoms with Gasteiger partial charge in [0.15, 0.2) is 5.13 Å². The fourth-order valence-corrected chi connectivity index (χ4v) is 6.80. The molecule has 3 aromatic heterocycles. The van der Waals surface area contributed by atoms with Gasteiger partial charge in [0.2, 0.25) is 5.91 Å². The number of hydrogen-bond acceptors (Lipinski definition) is 7. The van der Waals surface area contributed by atoms with Crippen molar-refractivity contribution in [3.05, 3.63) is 64.6 Å². The Balaban J connectivity index is 1.39. The highest BCUT2D eigenvalue weighted by Gasteiger charge is 2.31. The molecule has 0 radical (unpaired) electrons. The van der Waals surface area contributed by atoms with Crippen LogP contribution in [0.5, 0.6) is 0 Å². The summed E-state index contributed by atoms with van der Waals surface area (Å²) in [6.07, 6.45) is 5.03. The van der Waals surface area contributed by atoms with E-state index < -0.39 is 0 Å². The Morgan fingerprint density at radius 2 is 1.90 bits per heavy atom. The average molecular weight is 576 g/mol. The molecule has 11 heteroatoms. The number of halogens is 1. The van der Waals surface area contributed by atoms with Crippen LogP contribution in [0.1, 0.15) is 42.4 Å². The van der Waals surface area contributed by atoms with E-state index in [9.17, 15) is 9.59 Å². The lowest BCUT2D eigenvalue weighted by Gasteiger charge is -2.37. The summed E-state index contributed by atoms with van der Waals surface area (Å²) in [7, 11) is 0. The lowest BCUT2D eigenvalue weighted by molar-refractivity contribution is -0.114. The molecule has 1 aliphatic heterocycles. The van der Waals surface area contributed by atoms with Crippen LogP contribution in [0.4, 0.5) is 5.13 Å². The number of nitrogens with zero attached hydrogens (tertiary/aromatic N) is 6. The van der Waals surface area contributed by atoms with Crippen molar-refractivity contribution in [2.45, 2.75) is 39.7 Å². The van der Waals surface area contributed by atoms with E-state index in [1.54, 1.807) is 18.5 Å². The number of benzene rings is 1. The number of hydrogen-bond donors (Lipinski definition) is 1. The minimum absolute atomic E-state index is 0.0138. The van der Waals surface area contributed by atoms with Crippen LogP contribution >= 0.6 is 22.9 Å². The van der Waals surface area contributed by atoms with E-state index in [1.165, 1.54) is 18.3 Å². The first kappa shape index (κ1) is 26.6. The highest BCUT2D eigenvalue weighted by molar-refractivity contribution is 7.19. The quantitative estimate of drug-likeness (QED) is 0.362. The highest BCUT2D eigenvalue weighted by Crippen LogP contribution is 2.44. The van der Waals surface area contributed by atoms with Crippen LogP contribution in [0.15, 0.2) is 42.7 Å². The first-order valence-electron chi connectivity index (χ1n) is 13.4. The molecule has 9 nitrogen and oxygen atoms in total. The Bertz CT molecular complexity index is 1590. The Hall–Kier alpha value is -3.60. The number of carbonyl (C=O) groups excluding carboxylic acids is 2. The van der Waals surface area contributed by atoms with Crippen molar-refractivity contribution in [1.82, 2.24) is 29.5 Å². The molecule has 1 saturated heterocycles. The van der Waals surface area contributed by atoms with Crippen LogP contribution in [-0.4, -0.2) is 73.6 Å². The minimum atomic E-state index is -0.162. The normalized spacial score (nSPS) is 15.2. The van der Waals surface area contributed by atoms with Crippen LogP contribution < -0.4 is 5.32 Å². The van der Waals surface area contributed by atoms with Gasteiger partial charge in [-0.25, -0.2) is 9.67 Å². The third-order valence-corrected chi connectivity index (χ3v) is 8.80. The number of amides is 2. The van der Waals surface area contributed by atoms with E-state index in [4.69, 9.17) is 16.7 Å². The summed E-state index contributed by atoms with van der Waals surface area (Å²) < 4.78 is 1.85. The zero-order valence-corrected chi connectivity index (χ0v) is 24.2. The minimum Gasteiger partial charge on any atom is -0.336 e. The highest BCUT2D eigenvalue weighted by atomic mass is 35.5. The summed E-state index contributed by atoms with van der Waals surface area (Å²) in [6.45, 7) is 8.96. The molecule has 0 saturated carbocycles. The van der Waals surface area contributed by atoms with Gasteiger partial charge < -0.3 is 10.2 Å². The SMILES string of the molecule is CC(=O)Nc1nc2c(s1)-c1c(c(-c3cccnc3)nn1-c1ccc(C(=O)N3CCN(C(C)C)CC3)cc1Cl)CC2. The monoisotopic (exact) mass is 575 g/mol. The molecule has 0 unspecified atom stereocenters. The van der Waals surface area contributed by atoms with Crippen LogP contribution in [0.2, 0.25) is 5.02 Å². The van der Waals surface area contributed by atoms with Crippen molar-refractivity contribution in [1.29, 1.82) is 0 Å². The number of pyridine rings is 1. The van der Waals surface area contributed by atoms with Gasteiger partial charge in [0, 0.05) is 68.2 Å². The molecule has 0 atom stereocenters. The average Bonchev–Trinajstić information content (AvgIpc) is 3.53. The second-order valence-corrected chi connectivity index (χ2v) is 11.8. The van der Waals surface area contributed by atoms with Crippen molar-refractivity contribution in [3.8, 4) is 27.5 Å². The third kappa shape index (κ3) is 4.91. The summed E-state index contributed by atoms with van der Waals surface area (Å²) in [5.74, 6) is -0.176. The molecular weight excluding hydrogens is 546 g/mol. The maximum absolute atomic E-state index is 13.3. The molecule has 2 amide bonds. The van der Waals surface area contributed by atoms with E-state index in [0.29, 0.717) is 40.5 Å². The van der Waals surface area contributed by atoms with Crippen LogP contribution in [0, 0.1) is 0 Å². The molecule has 0 spiro atoms. The fraction of sp³-hybridized carbons (Fsp3) is 0.345. The van der Waals surface area contributed by atoms with Crippen LogP contribution in [0.3, 0.4) is 0 Å². The summed E-state index contributed by atoms with van der Waals surface area (Å²) >= 11 is 8.32. The molecule has 4 aromatic rings. The maximum atomic E-state index is 13.3. The van der Waals surface area contributed by atoms with E-state index in [1.807, 2.05) is 33.8 Å². The third-order valence-electron chi connectivity index (χ3n) is 7.48. The largest absolute Gasteiger partial charge is 0.336 e. The number of aromatic nitrogens is 4. The smallest absolute Gasteiger partial charge is 0.253 e. The summed E-state index contributed by atoms with van der Waals surface area (Å²) in [6, 6.07) is 9.79. The number of anilines is 1. The Morgan fingerprint density at radius 1 is 1.10 bits per heavy atom. The zero-order valence-electron chi connectivity index (χ0n) is 22.6. The van der Waals surface area contributed by atoms with E-state index in [0.717, 1.165) is 59.0 Å². The second kappa shape index (κ2) is 10.8. The molecule has 0 bridgehead atoms. The van der Waals surface area contributed by atoms with E-state index in [-0.39, 0.29) is 11.8 Å². The lowest BCUT2D eigenvalue weighted by atomic mass is 9.95. The van der Waals surface area contributed by atoms with Crippen molar-refractivity contribution < 1.29 is 9.59 Å². The molecule has 2 aliphatic rings. The molecule has 4 heterocycles. The Labute approximate surface area is 241 Å². The number of piperazine rings is 1. The van der Waals surface area contributed by atoms with Crippen molar-refractivity contribution >= 4 is 39.9 Å². The second-order valence-electron chi connectivity index (χ2n) is 10.4. The predicted molar refractivity (Wildman–Crippen MR) is 157 cm³/mol. The van der Waals surface area contributed by atoms with E-state index in [2.05, 4.69) is 34.0 Å². The van der Waals surface area contributed by atoms with Gasteiger partial charge in [0.1, 0.15) is 0 Å². The first-order chi connectivity index (χ1) is 19.3. The topological polar surface area (TPSA) is 96.2 Å². The van der Waals surface area contributed by atoms with Gasteiger partial charge in [-0.15, -0.1) is 0 Å². The van der Waals surface area contributed by atoms with Gasteiger partial charge in [0.05, 0.1) is 32.7 Å². The lowest BCUT2D eigenvalue weighted by Crippen LogP contribution is -2.50. The van der Waals surface area contributed by atoms with Crippen molar-refractivity contribution in [2.24, 2.45) is 0 Å². The van der Waals surface area contributed by atoms with Gasteiger partial charge >= 0.3 is 0 Å². The summed E-state index contributed by atoms with van der Waals surface area (Å²) in [4.78, 5) is 39.3. The summed E-state index contributed by atoms with van der Waals surface area (Å²) in [5, 5.41) is 8.85. The molecule has 40 heavy (non-hydrogen) atoms. The molecule has 1 aliphatic carbocycles. The number of aryl methyl sites for hydroxylation is 1. The van der Waals surface area contributed by atoms with Crippen molar-refractivity contribution in [3.63, 3.8) is 0 Å². The molecular formula is C29H30ClN7O2S. The fourth-order valence-electron chi connectivity index (χ4n) is 5.42. The molecule has 6 rings (SSSR count). The number of nitrogens with one attached hydrogen (secondary N) is 1. The molecule has 206 valence electrons. The summed E-state index contributed by atoms with van der Waals surface area (Å²) in [5.41, 5.74) is 5.89. The van der Waals surface area contributed by atoms with Gasteiger partial charge in [-0.05, 0) is 57.0 Å². The molecule has 1 aromatic carbocycles. The predicted octanol–water partition coefficient (Wildman–Crippen LogP) is 4.93. The molecule has 1 N–H and O–H groups in total. The van der Waals surface area contributed by atoms with Gasteiger partial charge in [-0.2, -0.15) is 5.10 Å². The number of thiazole rings is 1. The molecule has 1 fully saturated rings. The number of rotatable bonds is 5. The van der Waals surface area contributed by atoms with Crippen LogP contribution in [-0.2, 0) is 17.6 Å². The Morgan fingerprint density at radius 3 is 2.58 bits per heavy atom. The number of carbonyl (C=O) groups is 2. The van der Waals surface area contributed by atoms with Gasteiger partial charge in [0.25, 0.3) is 5.91 Å². The van der Waals surface area contributed by atoms with Gasteiger partial charge in [-0.1, -0.05) is 22.9 Å². The van der Waals surface area contributed by atoms with Crippen molar-refractivity contribution in [2.75, 3.05) is 31.5 Å². The standard InChI is InChI=1S/C29H30ClN7O2S/c1-17(2)35-11-13-36(14-12-35)28(39)19-6-9-24(22(30)15-19)37-26-21(25(34-37)20-5-4-10-31-16-20)7-8-23-27(26)40-29(33-23)32-18(3)38/h4-6,9-10,15-17H,7-8,11-14H2,1-3H3,(H,32,33,38). The zero-order chi connectivity index (χ0) is 28.0. The maximum Gasteiger partial charge on any atom is 0.253 e. The van der Waals surface area contributed by atoms with E-state index >= 15 is 0 Å².